The largest absolute Gasteiger partial charge is 0.349 e. The standard InChI is InChI=1S/C11H12ClN3O/c1-6(2)14-11(16)9-4-7-3-8(12)5-13-10(7)15-9/h3-6H,1-2H3,(H,13,15)(H,14,16). The molecular weight excluding hydrogens is 226 g/mol. The first-order chi connectivity index (χ1) is 7.56. The van der Waals surface area contributed by atoms with Gasteiger partial charge < -0.3 is 10.3 Å². The van der Waals surface area contributed by atoms with E-state index in [9.17, 15) is 4.79 Å². The predicted octanol–water partition coefficient (Wildman–Crippen LogP) is 2.35. The second-order valence-corrected chi connectivity index (χ2v) is 4.34. The minimum atomic E-state index is -0.135. The van der Waals surface area contributed by atoms with E-state index in [1.807, 2.05) is 13.8 Å². The molecule has 0 spiro atoms. The third kappa shape index (κ3) is 2.17. The Balaban J connectivity index is 2.36. The summed E-state index contributed by atoms with van der Waals surface area (Å²) in [4.78, 5) is 18.7. The molecule has 4 nitrogen and oxygen atoms in total. The number of hydrogen-bond donors (Lipinski definition) is 2. The maximum atomic E-state index is 11.7. The minimum absolute atomic E-state index is 0.107. The molecule has 2 N–H and O–H groups in total. The van der Waals surface area contributed by atoms with Crippen molar-refractivity contribution in [1.82, 2.24) is 15.3 Å². The van der Waals surface area contributed by atoms with Gasteiger partial charge in [0.1, 0.15) is 11.3 Å². The molecule has 16 heavy (non-hydrogen) atoms. The van der Waals surface area contributed by atoms with Crippen molar-refractivity contribution in [2.45, 2.75) is 19.9 Å². The van der Waals surface area contributed by atoms with Gasteiger partial charge in [-0.05, 0) is 26.0 Å². The summed E-state index contributed by atoms with van der Waals surface area (Å²) < 4.78 is 0. The van der Waals surface area contributed by atoms with Crippen molar-refractivity contribution in [1.29, 1.82) is 0 Å². The first-order valence-corrected chi connectivity index (χ1v) is 5.39. The maximum Gasteiger partial charge on any atom is 0.267 e. The summed E-state index contributed by atoms with van der Waals surface area (Å²) in [6.07, 6.45) is 1.55. The zero-order valence-corrected chi connectivity index (χ0v) is 9.80. The van der Waals surface area contributed by atoms with Crippen molar-refractivity contribution in [3.63, 3.8) is 0 Å². The number of fused-ring (bicyclic) bond motifs is 1. The number of aromatic nitrogens is 2. The highest BCUT2D eigenvalue weighted by Crippen LogP contribution is 2.17. The van der Waals surface area contributed by atoms with Crippen molar-refractivity contribution >= 4 is 28.5 Å². The molecule has 84 valence electrons. The number of amides is 1. The predicted molar refractivity (Wildman–Crippen MR) is 63.7 cm³/mol. The smallest absolute Gasteiger partial charge is 0.267 e. The van der Waals surface area contributed by atoms with Gasteiger partial charge in [-0.15, -0.1) is 0 Å². The number of hydrogen-bond acceptors (Lipinski definition) is 2. The molecule has 0 saturated carbocycles. The Hall–Kier alpha value is -1.55. The van der Waals surface area contributed by atoms with Crippen LogP contribution in [0.3, 0.4) is 0 Å². The van der Waals surface area contributed by atoms with Gasteiger partial charge in [0.2, 0.25) is 0 Å². The molecule has 2 aromatic rings. The van der Waals surface area contributed by atoms with Crippen molar-refractivity contribution in [3.8, 4) is 0 Å². The van der Waals surface area contributed by atoms with E-state index in [1.54, 1.807) is 18.3 Å². The van der Waals surface area contributed by atoms with Gasteiger partial charge in [-0.25, -0.2) is 4.98 Å². The van der Waals surface area contributed by atoms with Gasteiger partial charge in [-0.3, -0.25) is 4.79 Å². The lowest BCUT2D eigenvalue weighted by Crippen LogP contribution is -2.30. The molecule has 0 saturated heterocycles. The van der Waals surface area contributed by atoms with Crippen LogP contribution in [0.5, 0.6) is 0 Å². The fraction of sp³-hybridized carbons (Fsp3) is 0.273. The highest BCUT2D eigenvalue weighted by molar-refractivity contribution is 6.31. The molecule has 0 radical (unpaired) electrons. The van der Waals surface area contributed by atoms with E-state index in [4.69, 9.17) is 11.6 Å². The van der Waals surface area contributed by atoms with E-state index in [2.05, 4.69) is 15.3 Å². The summed E-state index contributed by atoms with van der Waals surface area (Å²) in [5.41, 5.74) is 1.16. The SMILES string of the molecule is CC(C)NC(=O)c1cc2cc(Cl)cnc2[nH]1. The van der Waals surface area contributed by atoms with Crippen LogP contribution in [-0.2, 0) is 0 Å². The average Bonchev–Trinajstić information content (AvgIpc) is 2.59. The van der Waals surface area contributed by atoms with Crippen molar-refractivity contribution in [3.05, 3.63) is 29.0 Å². The molecular formula is C11H12ClN3O. The number of pyridine rings is 1. The number of carbonyl (C=O) groups excluding carboxylic acids is 1. The lowest BCUT2D eigenvalue weighted by atomic mass is 10.3. The number of H-pyrrole nitrogens is 1. The molecule has 2 heterocycles. The van der Waals surface area contributed by atoms with E-state index in [-0.39, 0.29) is 11.9 Å². The fourth-order valence-electron chi connectivity index (χ4n) is 1.45. The topological polar surface area (TPSA) is 57.8 Å². The normalized spacial score (nSPS) is 11.0. The van der Waals surface area contributed by atoms with Gasteiger partial charge in [-0.2, -0.15) is 0 Å². The number of aromatic amines is 1. The lowest BCUT2D eigenvalue weighted by molar-refractivity contribution is 0.0939. The third-order valence-electron chi connectivity index (χ3n) is 2.10. The Kier molecular flexibility index (Phi) is 2.83. The maximum absolute atomic E-state index is 11.7. The number of nitrogens with one attached hydrogen (secondary N) is 2. The summed E-state index contributed by atoms with van der Waals surface area (Å²) in [6, 6.07) is 3.62. The van der Waals surface area contributed by atoms with Gasteiger partial charge >= 0.3 is 0 Å². The molecule has 0 bridgehead atoms. The van der Waals surface area contributed by atoms with Gasteiger partial charge in [-0.1, -0.05) is 11.6 Å². The number of rotatable bonds is 2. The molecule has 0 aliphatic carbocycles. The van der Waals surface area contributed by atoms with Crippen molar-refractivity contribution in [2.75, 3.05) is 0 Å². The molecule has 0 aromatic carbocycles. The summed E-state index contributed by atoms with van der Waals surface area (Å²) in [7, 11) is 0. The molecule has 0 aliphatic heterocycles. The highest BCUT2D eigenvalue weighted by Gasteiger charge is 2.10. The van der Waals surface area contributed by atoms with Crippen LogP contribution in [0.2, 0.25) is 5.02 Å². The van der Waals surface area contributed by atoms with Crippen molar-refractivity contribution in [2.24, 2.45) is 0 Å². The molecule has 5 heteroatoms. The molecule has 0 fully saturated rings. The zero-order valence-electron chi connectivity index (χ0n) is 9.04. The van der Waals surface area contributed by atoms with Crippen LogP contribution in [0.15, 0.2) is 18.3 Å². The first kappa shape index (κ1) is 11.0. The quantitative estimate of drug-likeness (QED) is 0.843. The van der Waals surface area contributed by atoms with Crippen LogP contribution in [0.4, 0.5) is 0 Å². The van der Waals surface area contributed by atoms with E-state index in [1.165, 1.54) is 0 Å². The Morgan fingerprint density at radius 2 is 2.25 bits per heavy atom. The molecule has 0 atom stereocenters. The van der Waals surface area contributed by atoms with Gasteiger partial charge in [0.15, 0.2) is 0 Å². The minimum Gasteiger partial charge on any atom is -0.349 e. The zero-order chi connectivity index (χ0) is 11.7. The van der Waals surface area contributed by atoms with Gasteiger partial charge in [0.05, 0.1) is 5.02 Å². The van der Waals surface area contributed by atoms with Gasteiger partial charge in [0, 0.05) is 17.6 Å². The van der Waals surface area contributed by atoms with Crippen LogP contribution in [-0.4, -0.2) is 21.9 Å². The second-order valence-electron chi connectivity index (χ2n) is 3.90. The number of carbonyl (C=O) groups is 1. The van der Waals surface area contributed by atoms with Crippen LogP contribution < -0.4 is 5.32 Å². The Labute approximate surface area is 98.0 Å². The van der Waals surface area contributed by atoms with Crippen LogP contribution in [0.1, 0.15) is 24.3 Å². The summed E-state index contributed by atoms with van der Waals surface area (Å²) in [6.45, 7) is 3.82. The fourth-order valence-corrected chi connectivity index (χ4v) is 1.62. The summed E-state index contributed by atoms with van der Waals surface area (Å²) >= 11 is 5.81. The number of halogens is 1. The van der Waals surface area contributed by atoms with Crippen LogP contribution in [0.25, 0.3) is 11.0 Å². The molecule has 2 rings (SSSR count). The van der Waals surface area contributed by atoms with Crippen molar-refractivity contribution < 1.29 is 4.79 Å². The van der Waals surface area contributed by atoms with E-state index >= 15 is 0 Å². The first-order valence-electron chi connectivity index (χ1n) is 5.01. The van der Waals surface area contributed by atoms with E-state index < -0.39 is 0 Å². The van der Waals surface area contributed by atoms with Crippen LogP contribution >= 0.6 is 11.6 Å². The van der Waals surface area contributed by atoms with E-state index in [0.717, 1.165) is 5.39 Å². The average molecular weight is 238 g/mol. The second kappa shape index (κ2) is 4.14. The Bertz CT molecular complexity index is 533. The van der Waals surface area contributed by atoms with E-state index in [0.29, 0.717) is 16.4 Å². The van der Waals surface area contributed by atoms with Gasteiger partial charge in [0.25, 0.3) is 5.91 Å². The molecule has 1 amide bonds. The summed E-state index contributed by atoms with van der Waals surface area (Å²) in [5.74, 6) is -0.135. The lowest BCUT2D eigenvalue weighted by Gasteiger charge is -2.05. The Morgan fingerprint density at radius 1 is 1.50 bits per heavy atom. The molecule has 0 unspecified atom stereocenters. The monoisotopic (exact) mass is 237 g/mol. The Morgan fingerprint density at radius 3 is 2.94 bits per heavy atom. The third-order valence-corrected chi connectivity index (χ3v) is 2.31. The highest BCUT2D eigenvalue weighted by atomic mass is 35.5. The number of nitrogens with zero attached hydrogens (tertiary/aromatic N) is 1. The summed E-state index contributed by atoms with van der Waals surface area (Å²) in [5, 5.41) is 4.20. The molecule has 2 aromatic heterocycles. The molecule has 0 aliphatic rings. The van der Waals surface area contributed by atoms with Crippen LogP contribution in [0, 0.1) is 0 Å².